The van der Waals surface area contributed by atoms with E-state index in [-0.39, 0.29) is 35.1 Å². The number of hydrogen-bond acceptors (Lipinski definition) is 2. The Morgan fingerprint density at radius 3 is 1.47 bits per heavy atom. The first-order chi connectivity index (χ1) is 45.8. The SMILES string of the molecule is [2H]c1c([2H])c([2H])c(-c2ccc3c(c2)c2ccc(Oc4ccc5c(c4)n4[c](=[Pt])n(-c6c(-c7ccccc7)cccc6-c6ccccc6)c6cccc(c7ccccc7n5-c5c(-c7ccccc7)cccc5-c5ccccc5)c64)cc2n3-c2cc(C(C)(C)C)ccn2)c([2H])c1[2H]. The van der Waals surface area contributed by atoms with Gasteiger partial charge in [-0.1, -0.05) is 57.0 Å². The van der Waals surface area contributed by atoms with Crippen molar-refractivity contribution < 1.29 is 30.9 Å². The Bertz CT molecular complexity index is 5690. The number of fused-ring (bicyclic) bond motifs is 7. The van der Waals surface area contributed by atoms with E-state index in [1.807, 2.05) is 36.5 Å². The second-order valence-electron chi connectivity index (χ2n) is 23.5. The first-order valence-electron chi connectivity index (χ1n) is 32.3. The Kier molecular flexibility index (Phi) is 11.9. The molecule has 12 aromatic carbocycles. The molecule has 0 bridgehead atoms. The van der Waals surface area contributed by atoms with E-state index in [9.17, 15) is 0 Å². The van der Waals surface area contributed by atoms with Gasteiger partial charge in [-0.3, -0.25) is 0 Å². The van der Waals surface area contributed by atoms with Gasteiger partial charge >= 0.3 is 439 Å². The van der Waals surface area contributed by atoms with Gasteiger partial charge in [-0.15, -0.1) is 0 Å². The molecule has 0 aliphatic rings. The van der Waals surface area contributed by atoms with Crippen LogP contribution in [0.3, 0.4) is 0 Å². The van der Waals surface area contributed by atoms with Crippen LogP contribution in [0.5, 0.6) is 11.5 Å². The third-order valence-corrected chi connectivity index (χ3v) is 18.2. The number of benzene rings is 12. The molecular weight excluding hydrogens is 1270 g/mol. The third kappa shape index (κ3) is 9.30. The fraction of sp³-hybridized carbons (Fsp3) is 0.0488. The Labute approximate surface area is 534 Å². The second kappa shape index (κ2) is 21.9. The van der Waals surface area contributed by atoms with Crippen LogP contribution in [0.1, 0.15) is 33.2 Å². The molecule has 0 radical (unpaired) electrons. The van der Waals surface area contributed by atoms with Crippen molar-refractivity contribution in [2.75, 3.05) is 0 Å². The zero-order valence-electron chi connectivity index (χ0n) is 53.9. The minimum atomic E-state index is -0.432. The van der Waals surface area contributed by atoms with Crippen molar-refractivity contribution in [1.82, 2.24) is 23.1 Å². The summed E-state index contributed by atoms with van der Waals surface area (Å²) in [6.45, 7) is 6.55. The van der Waals surface area contributed by atoms with Crippen molar-refractivity contribution in [3.63, 3.8) is 0 Å². The van der Waals surface area contributed by atoms with Crippen molar-refractivity contribution in [3.8, 4) is 84.3 Å². The zero-order chi connectivity index (χ0) is 64.1. The van der Waals surface area contributed by atoms with E-state index in [1.165, 1.54) is 0 Å². The number of pyridine rings is 1. The maximum absolute atomic E-state index is 8.95. The van der Waals surface area contributed by atoms with Crippen LogP contribution in [0, 0.1) is 3.80 Å². The van der Waals surface area contributed by atoms with Crippen LogP contribution in [-0.4, -0.2) is 23.1 Å². The monoisotopic (exact) mass is 1330 g/mol. The van der Waals surface area contributed by atoms with Crippen molar-refractivity contribution in [2.45, 2.75) is 26.2 Å². The predicted octanol–water partition coefficient (Wildman–Crippen LogP) is 21.5. The normalized spacial score (nSPS) is 12.6. The van der Waals surface area contributed by atoms with Crippen LogP contribution in [-0.2, 0) is 24.8 Å². The minimum Gasteiger partial charge on any atom is -0.0617 e. The Balaban J connectivity index is 1.01. The fourth-order valence-corrected chi connectivity index (χ4v) is 14.1. The van der Waals surface area contributed by atoms with Crippen LogP contribution in [0.2, 0.25) is 0 Å². The third-order valence-electron chi connectivity index (χ3n) is 17.1. The van der Waals surface area contributed by atoms with Gasteiger partial charge in [0.05, 0.1) is 6.85 Å². The molecule has 4 aromatic heterocycles. The van der Waals surface area contributed by atoms with Crippen molar-refractivity contribution >= 4 is 60.2 Å². The van der Waals surface area contributed by atoms with Crippen LogP contribution < -0.4 is 4.74 Å². The number of imidazole rings is 1. The molecule has 0 spiro atoms. The smallest absolute Gasteiger partial charge is 0.0617 e. The summed E-state index contributed by atoms with van der Waals surface area (Å²) in [6, 6.07) is 92.2. The van der Waals surface area contributed by atoms with Gasteiger partial charge in [-0.25, -0.2) is 0 Å². The maximum atomic E-state index is 8.95. The van der Waals surface area contributed by atoms with Crippen molar-refractivity contribution in [3.05, 3.63) is 313 Å². The summed E-state index contributed by atoms with van der Waals surface area (Å²) in [7, 11) is 0. The topological polar surface area (TPSA) is 41.3 Å². The van der Waals surface area contributed by atoms with Crippen LogP contribution in [0.15, 0.2) is 303 Å². The van der Waals surface area contributed by atoms with Gasteiger partial charge in [0.15, 0.2) is 0 Å². The number of para-hydroxylation sites is 4. The molecule has 428 valence electrons. The molecule has 0 aliphatic heterocycles. The standard InChI is InChI=1S/C82H59N5O.Pt/c1-82(2,3)61-48-49-83-78(51-61)86-73-46-42-60(55-24-9-4-10-25-55)50-71(73)69-45-43-62(52-76(69)86)88-63-44-47-74-77(53-63)85-54-84(79-64(56-26-11-5-12-27-56)35-21-36-65(79)57-28-13-6-14-29-57)75-41-23-39-70(81(75)85)68-34-19-20-40-72(68)87(74)80-66(58-30-15-7-16-31-58)37-22-38-67(80)59-32-17-8-18-33-59;/h4-53H,1-3H3;/i4D,9D,10D,24D,25D;. The molecule has 16 rings (SSSR count). The summed E-state index contributed by atoms with van der Waals surface area (Å²) in [6.07, 6.45) is 1.85. The van der Waals surface area contributed by atoms with Gasteiger partial charge in [0.1, 0.15) is 0 Å². The van der Waals surface area contributed by atoms with Gasteiger partial charge in [-0.05, 0) is 28.2 Å². The fourth-order valence-electron chi connectivity index (χ4n) is 13.0. The second-order valence-corrected chi connectivity index (χ2v) is 24.5. The van der Waals surface area contributed by atoms with Crippen LogP contribution in [0.25, 0.3) is 133 Å². The first kappa shape index (κ1) is 48.5. The van der Waals surface area contributed by atoms with E-state index in [0.29, 0.717) is 22.9 Å². The summed E-state index contributed by atoms with van der Waals surface area (Å²) >= 11 is 2.57. The molecule has 0 unspecified atom stereocenters. The number of ether oxygens (including phenoxy) is 1. The van der Waals surface area contributed by atoms with Gasteiger partial charge < -0.3 is 0 Å². The first-order valence-corrected chi connectivity index (χ1v) is 31.0. The van der Waals surface area contributed by atoms with Gasteiger partial charge in [0, 0.05) is 6.20 Å². The molecule has 16 aromatic rings. The van der Waals surface area contributed by atoms with E-state index in [0.717, 1.165) is 125 Å². The molecule has 4 heterocycles. The molecule has 89 heavy (non-hydrogen) atoms. The molecule has 6 nitrogen and oxygen atoms in total. The molecule has 0 fully saturated rings. The number of hydrogen-bond donors (Lipinski definition) is 0. The average molecular weight is 1330 g/mol. The van der Waals surface area contributed by atoms with Gasteiger partial charge in [0.25, 0.3) is 0 Å². The summed E-state index contributed by atoms with van der Waals surface area (Å²) < 4.78 is 61.1. The summed E-state index contributed by atoms with van der Waals surface area (Å²) in [5.74, 6) is 1.88. The minimum absolute atomic E-state index is 0.141. The number of rotatable bonds is 10. The number of aromatic nitrogens is 5. The molecule has 0 saturated heterocycles. The average Bonchev–Trinajstić information content (AvgIpc) is 1.47. The predicted molar refractivity (Wildman–Crippen MR) is 365 cm³/mol. The summed E-state index contributed by atoms with van der Waals surface area (Å²) in [5, 5.41) is 3.81. The van der Waals surface area contributed by atoms with Gasteiger partial charge in [0.2, 0.25) is 0 Å². The molecule has 0 amide bonds. The summed E-state index contributed by atoms with van der Waals surface area (Å²) in [4.78, 5) is 5.01. The van der Waals surface area contributed by atoms with Crippen LogP contribution >= 0.6 is 0 Å². The molecule has 0 aliphatic carbocycles. The Hall–Kier alpha value is -10.7. The van der Waals surface area contributed by atoms with E-state index in [2.05, 4.69) is 295 Å². The van der Waals surface area contributed by atoms with Crippen LogP contribution in [0.4, 0.5) is 0 Å². The van der Waals surface area contributed by atoms with E-state index < -0.39 is 6.04 Å². The molecular formula is C82H59N5OPt. The van der Waals surface area contributed by atoms with Crippen molar-refractivity contribution in [2.24, 2.45) is 0 Å². The molecule has 0 N–H and O–H groups in total. The zero-order valence-corrected chi connectivity index (χ0v) is 51.2. The van der Waals surface area contributed by atoms with E-state index >= 15 is 0 Å². The number of nitrogens with zero attached hydrogens (tertiary/aromatic N) is 5. The summed E-state index contributed by atoms with van der Waals surface area (Å²) in [5.41, 5.74) is 18.8. The molecule has 0 saturated carbocycles. The van der Waals surface area contributed by atoms with E-state index in [1.54, 1.807) is 0 Å². The molecule has 0 atom stereocenters. The quantitative estimate of drug-likeness (QED) is 0.137. The van der Waals surface area contributed by atoms with E-state index in [4.69, 9.17) is 16.6 Å². The Morgan fingerprint density at radius 2 is 0.865 bits per heavy atom. The Morgan fingerprint density at radius 1 is 0.371 bits per heavy atom. The molecule has 7 heteroatoms. The van der Waals surface area contributed by atoms with Crippen molar-refractivity contribution in [1.29, 1.82) is 0 Å². The van der Waals surface area contributed by atoms with Gasteiger partial charge in [-0.2, -0.15) is 0 Å².